The van der Waals surface area contributed by atoms with Crippen LogP contribution in [-0.2, 0) is 25.4 Å². The van der Waals surface area contributed by atoms with Gasteiger partial charge in [-0.2, -0.15) is 0 Å². The number of nitrogens with zero attached hydrogens (tertiary/aromatic N) is 1. The molecule has 0 bridgehead atoms. The number of carbonyl (C=O) groups excluding carboxylic acids is 1. The van der Waals surface area contributed by atoms with Crippen LogP contribution in [0.15, 0.2) is 66.6 Å². The highest BCUT2D eigenvalue weighted by Gasteiger charge is 2.28. The van der Waals surface area contributed by atoms with Crippen LogP contribution in [0.3, 0.4) is 0 Å². The van der Waals surface area contributed by atoms with Crippen LogP contribution in [-0.4, -0.2) is 57.1 Å². The molecular formula is C25H30N2O5. The Kier molecular flexibility index (Phi) is 8.00. The van der Waals surface area contributed by atoms with Gasteiger partial charge in [-0.15, -0.1) is 0 Å². The molecule has 7 nitrogen and oxygen atoms in total. The lowest BCUT2D eigenvalue weighted by atomic mass is 9.96. The van der Waals surface area contributed by atoms with Crippen LogP contribution in [0.4, 0.5) is 5.69 Å². The van der Waals surface area contributed by atoms with Gasteiger partial charge < -0.3 is 24.3 Å². The molecule has 2 heterocycles. The summed E-state index contributed by atoms with van der Waals surface area (Å²) in [6, 6.07) is 17.4. The fourth-order valence-electron chi connectivity index (χ4n) is 3.80. The van der Waals surface area contributed by atoms with Crippen LogP contribution in [0.5, 0.6) is 5.75 Å². The van der Waals surface area contributed by atoms with Crippen molar-refractivity contribution in [3.63, 3.8) is 0 Å². The number of ether oxygens (including phenoxy) is 4. The molecule has 32 heavy (non-hydrogen) atoms. The quantitative estimate of drug-likeness (QED) is 0.573. The summed E-state index contributed by atoms with van der Waals surface area (Å²) >= 11 is 0. The minimum Gasteiger partial charge on any atom is -0.493 e. The topological polar surface area (TPSA) is 69.3 Å². The predicted molar refractivity (Wildman–Crippen MR) is 121 cm³/mol. The molecule has 1 amide bonds. The lowest BCUT2D eigenvalue weighted by molar-refractivity contribution is -0.119. The van der Waals surface area contributed by atoms with Crippen molar-refractivity contribution in [1.82, 2.24) is 4.90 Å². The molecule has 0 saturated carbocycles. The lowest BCUT2D eigenvalue weighted by Crippen LogP contribution is -2.37. The summed E-state index contributed by atoms with van der Waals surface area (Å²) in [5, 5.41) is 3.00. The highest BCUT2D eigenvalue weighted by Crippen LogP contribution is 2.25. The fraction of sp³-hybridized carbons (Fsp3) is 0.400. The van der Waals surface area contributed by atoms with Crippen molar-refractivity contribution in [2.45, 2.75) is 12.8 Å². The molecule has 0 aromatic heterocycles. The van der Waals surface area contributed by atoms with Gasteiger partial charge in [-0.05, 0) is 30.5 Å². The van der Waals surface area contributed by atoms with Crippen LogP contribution >= 0.6 is 0 Å². The molecule has 1 atom stereocenters. The molecule has 2 aromatic rings. The zero-order chi connectivity index (χ0) is 22.0. The van der Waals surface area contributed by atoms with Gasteiger partial charge in [0.1, 0.15) is 23.7 Å². The summed E-state index contributed by atoms with van der Waals surface area (Å²) in [7, 11) is 0. The van der Waals surface area contributed by atoms with E-state index in [1.165, 1.54) is 6.26 Å². The molecule has 2 aliphatic rings. The molecule has 1 saturated heterocycles. The fourth-order valence-corrected chi connectivity index (χ4v) is 3.80. The van der Waals surface area contributed by atoms with Gasteiger partial charge in [0.05, 0.1) is 19.8 Å². The number of amides is 1. The minimum atomic E-state index is -0.474. The van der Waals surface area contributed by atoms with E-state index in [0.29, 0.717) is 24.5 Å². The van der Waals surface area contributed by atoms with Gasteiger partial charge in [0, 0.05) is 31.4 Å². The maximum absolute atomic E-state index is 13.1. The third-order valence-corrected chi connectivity index (χ3v) is 5.53. The summed E-state index contributed by atoms with van der Waals surface area (Å²) in [5.41, 5.74) is 1.75. The van der Waals surface area contributed by atoms with Crippen molar-refractivity contribution in [3.8, 4) is 5.75 Å². The van der Waals surface area contributed by atoms with Crippen molar-refractivity contribution >= 4 is 11.6 Å². The molecule has 1 fully saturated rings. The highest BCUT2D eigenvalue weighted by molar-refractivity contribution is 5.94. The van der Waals surface area contributed by atoms with E-state index in [2.05, 4.69) is 10.2 Å². The van der Waals surface area contributed by atoms with E-state index in [1.54, 1.807) is 0 Å². The van der Waals surface area contributed by atoms with E-state index in [1.807, 2.05) is 54.6 Å². The molecule has 1 N–H and O–H groups in total. The number of hydrogen-bond acceptors (Lipinski definition) is 6. The molecule has 2 aliphatic heterocycles. The van der Waals surface area contributed by atoms with Crippen LogP contribution in [0.2, 0.25) is 0 Å². The first kappa shape index (κ1) is 22.2. The first-order chi connectivity index (χ1) is 15.8. The van der Waals surface area contributed by atoms with E-state index in [0.717, 1.165) is 50.6 Å². The van der Waals surface area contributed by atoms with Gasteiger partial charge in [-0.1, -0.05) is 36.4 Å². The Bertz CT molecular complexity index is 896. The Morgan fingerprint density at radius 1 is 1.09 bits per heavy atom. The average Bonchev–Trinajstić information content (AvgIpc) is 3.36. The molecule has 0 spiro atoms. The van der Waals surface area contributed by atoms with Gasteiger partial charge in [-0.3, -0.25) is 9.69 Å². The van der Waals surface area contributed by atoms with Crippen LogP contribution in [0, 0.1) is 5.92 Å². The monoisotopic (exact) mass is 438 g/mol. The molecule has 0 aliphatic carbocycles. The predicted octanol–water partition coefficient (Wildman–Crippen LogP) is 3.43. The van der Waals surface area contributed by atoms with Crippen LogP contribution in [0.25, 0.3) is 0 Å². The minimum absolute atomic E-state index is 0.141. The first-order valence-electron chi connectivity index (χ1n) is 11.1. The number of rotatable bonds is 10. The Morgan fingerprint density at radius 3 is 2.72 bits per heavy atom. The molecule has 2 aromatic carbocycles. The normalized spacial score (nSPS) is 17.1. The standard InChI is InChI=1S/C25H30N2O5/c28-25(23(24-18-30-19-32-24)16-20-6-2-1-3-7-20)26-21-8-4-9-22(17-21)31-13-5-10-27-11-14-29-15-12-27/h1-4,6-9,17-18,23H,5,10-16,19H2,(H,26,28). The second kappa shape index (κ2) is 11.5. The summed E-state index contributed by atoms with van der Waals surface area (Å²) in [4.78, 5) is 15.5. The second-order valence-corrected chi connectivity index (χ2v) is 7.86. The Balaban J connectivity index is 1.32. The summed E-state index contributed by atoms with van der Waals surface area (Å²) in [6.45, 7) is 5.35. The third-order valence-electron chi connectivity index (χ3n) is 5.53. The van der Waals surface area contributed by atoms with Gasteiger partial charge in [0.15, 0.2) is 0 Å². The first-order valence-corrected chi connectivity index (χ1v) is 11.1. The van der Waals surface area contributed by atoms with E-state index < -0.39 is 5.92 Å². The molecule has 1 unspecified atom stereocenters. The Morgan fingerprint density at radius 2 is 1.94 bits per heavy atom. The average molecular weight is 439 g/mol. The van der Waals surface area contributed by atoms with E-state index >= 15 is 0 Å². The van der Waals surface area contributed by atoms with Crippen LogP contribution < -0.4 is 10.1 Å². The molecule has 7 heteroatoms. The molecular weight excluding hydrogens is 408 g/mol. The summed E-state index contributed by atoms with van der Waals surface area (Å²) < 4.78 is 22.0. The van der Waals surface area contributed by atoms with Crippen molar-refractivity contribution in [2.75, 3.05) is 51.6 Å². The number of morpholine rings is 1. The van der Waals surface area contributed by atoms with Gasteiger partial charge in [-0.25, -0.2) is 0 Å². The largest absolute Gasteiger partial charge is 0.493 e. The number of benzene rings is 2. The van der Waals surface area contributed by atoms with E-state index in [9.17, 15) is 4.79 Å². The van der Waals surface area contributed by atoms with Gasteiger partial charge in [0.25, 0.3) is 0 Å². The SMILES string of the molecule is O=C(Nc1cccc(OCCCN2CCOCC2)c1)C(Cc1ccccc1)C1=COCO1. The van der Waals surface area contributed by atoms with Gasteiger partial charge >= 0.3 is 0 Å². The third kappa shape index (κ3) is 6.48. The Hall–Kier alpha value is -3.03. The van der Waals surface area contributed by atoms with E-state index in [-0.39, 0.29) is 12.7 Å². The molecule has 4 rings (SSSR count). The van der Waals surface area contributed by atoms with Crippen molar-refractivity contribution in [3.05, 3.63) is 72.2 Å². The number of anilines is 1. The summed E-state index contributed by atoms with van der Waals surface area (Å²) in [6.07, 6.45) is 3.00. The zero-order valence-corrected chi connectivity index (χ0v) is 18.2. The smallest absolute Gasteiger partial charge is 0.235 e. The maximum Gasteiger partial charge on any atom is 0.235 e. The van der Waals surface area contributed by atoms with Crippen molar-refractivity contribution in [1.29, 1.82) is 0 Å². The van der Waals surface area contributed by atoms with Crippen molar-refractivity contribution < 1.29 is 23.7 Å². The molecule has 170 valence electrons. The lowest BCUT2D eigenvalue weighted by Gasteiger charge is -2.26. The number of hydrogen-bond donors (Lipinski definition) is 1. The van der Waals surface area contributed by atoms with Crippen LogP contribution in [0.1, 0.15) is 12.0 Å². The highest BCUT2D eigenvalue weighted by atomic mass is 16.7. The molecule has 0 radical (unpaired) electrons. The summed E-state index contributed by atoms with van der Waals surface area (Å²) in [5.74, 6) is 0.666. The number of carbonyl (C=O) groups is 1. The van der Waals surface area contributed by atoms with E-state index in [4.69, 9.17) is 18.9 Å². The second-order valence-electron chi connectivity index (χ2n) is 7.86. The zero-order valence-electron chi connectivity index (χ0n) is 18.2. The maximum atomic E-state index is 13.1. The Labute approximate surface area is 188 Å². The number of nitrogens with one attached hydrogen (secondary N) is 1. The van der Waals surface area contributed by atoms with Crippen molar-refractivity contribution in [2.24, 2.45) is 5.92 Å². The van der Waals surface area contributed by atoms with Gasteiger partial charge in [0.2, 0.25) is 12.7 Å².